The maximum absolute atomic E-state index is 13.3. The number of benzene rings is 4. The lowest BCUT2D eigenvalue weighted by atomic mass is 9.90. The van der Waals surface area contributed by atoms with Crippen LogP contribution in [0.5, 0.6) is 11.5 Å². The molecule has 44 heavy (non-hydrogen) atoms. The Kier molecular flexibility index (Phi) is 8.78. The van der Waals surface area contributed by atoms with Gasteiger partial charge in [0.25, 0.3) is 0 Å². The van der Waals surface area contributed by atoms with Gasteiger partial charge in [0, 0.05) is 17.4 Å². The van der Waals surface area contributed by atoms with Crippen LogP contribution < -0.4 is 20.1 Å². The average molecular weight is 631 g/mol. The van der Waals surface area contributed by atoms with Gasteiger partial charge in [0.1, 0.15) is 11.5 Å². The van der Waals surface area contributed by atoms with Gasteiger partial charge in [-0.15, -0.1) is 0 Å². The summed E-state index contributed by atoms with van der Waals surface area (Å²) in [5, 5.41) is 5.39. The largest absolute Gasteiger partial charge is 0.497 e. The fraction of sp³-hybridized carbons (Fsp3) is 0.242. The Morgan fingerprint density at radius 1 is 0.636 bits per heavy atom. The van der Waals surface area contributed by atoms with Gasteiger partial charge in [-0.05, 0) is 108 Å². The summed E-state index contributed by atoms with van der Waals surface area (Å²) in [7, 11) is 3.22. The number of nitrogens with one attached hydrogen (secondary N) is 2. The van der Waals surface area contributed by atoms with Crippen LogP contribution in [0.2, 0.25) is 0 Å². The highest BCUT2D eigenvalue weighted by atomic mass is 32.1. The van der Waals surface area contributed by atoms with Gasteiger partial charge < -0.3 is 20.1 Å². The third-order valence-electron chi connectivity index (χ3n) is 7.47. The molecule has 0 spiro atoms. The molecule has 0 aliphatic heterocycles. The molecule has 4 aliphatic rings. The van der Waals surface area contributed by atoms with E-state index in [1.807, 2.05) is 36.4 Å². The molecule has 4 aromatic rings. The number of alkyl halides is 6. The molecular weight excluding hydrogens is 602 g/mol. The maximum atomic E-state index is 13.3. The van der Waals surface area contributed by atoms with Crippen molar-refractivity contribution in [3.63, 3.8) is 0 Å². The van der Waals surface area contributed by atoms with Crippen LogP contribution in [0.3, 0.4) is 0 Å². The van der Waals surface area contributed by atoms with Gasteiger partial charge in [-0.25, -0.2) is 0 Å². The molecule has 4 aliphatic carbocycles. The lowest BCUT2D eigenvalue weighted by Gasteiger charge is -2.19. The molecule has 4 nitrogen and oxygen atoms in total. The number of aryl methyl sites for hydroxylation is 4. The van der Waals surface area contributed by atoms with E-state index in [0.29, 0.717) is 55.0 Å². The Labute approximate surface area is 256 Å². The Balaban J connectivity index is 1.40. The first kappa shape index (κ1) is 31.2. The first-order valence-corrected chi connectivity index (χ1v) is 14.1. The van der Waals surface area contributed by atoms with Gasteiger partial charge in [-0.3, -0.25) is 0 Å². The topological polar surface area (TPSA) is 42.5 Å². The first-order chi connectivity index (χ1) is 20.8. The number of ether oxygens (including phenoxy) is 2. The molecule has 230 valence electrons. The molecule has 4 aromatic carbocycles. The van der Waals surface area contributed by atoms with Gasteiger partial charge in [-0.1, -0.05) is 30.3 Å². The number of rotatable bonds is 5. The number of anilines is 2. The van der Waals surface area contributed by atoms with E-state index in [-0.39, 0.29) is 11.2 Å². The van der Waals surface area contributed by atoms with Gasteiger partial charge in [-0.2, -0.15) is 26.3 Å². The summed E-state index contributed by atoms with van der Waals surface area (Å²) < 4.78 is 90.9. The Morgan fingerprint density at radius 3 is 1.75 bits per heavy atom. The number of halogens is 6. The normalized spacial score (nSPS) is 13.2. The van der Waals surface area contributed by atoms with Crippen LogP contribution >= 0.6 is 12.2 Å². The van der Waals surface area contributed by atoms with Crippen LogP contribution in [0.1, 0.15) is 33.4 Å². The van der Waals surface area contributed by atoms with Crippen LogP contribution in [0.4, 0.5) is 37.7 Å². The van der Waals surface area contributed by atoms with Crippen LogP contribution in [0.15, 0.2) is 72.8 Å². The van der Waals surface area contributed by atoms with Crippen molar-refractivity contribution < 1.29 is 35.8 Å². The summed E-state index contributed by atoms with van der Waals surface area (Å²) in [6.07, 6.45) is -7.27. The van der Waals surface area contributed by atoms with E-state index in [0.717, 1.165) is 33.4 Å². The van der Waals surface area contributed by atoms with Gasteiger partial charge >= 0.3 is 12.4 Å². The molecule has 0 unspecified atom stereocenters. The van der Waals surface area contributed by atoms with Crippen molar-refractivity contribution in [2.24, 2.45) is 0 Å². The molecule has 0 atom stereocenters. The zero-order valence-corrected chi connectivity index (χ0v) is 24.6. The lowest BCUT2D eigenvalue weighted by Crippen LogP contribution is -2.21. The van der Waals surface area contributed by atoms with Gasteiger partial charge in [0.05, 0.1) is 25.3 Å². The van der Waals surface area contributed by atoms with E-state index in [1.165, 1.54) is 0 Å². The fourth-order valence-corrected chi connectivity index (χ4v) is 5.44. The molecule has 0 amide bonds. The third kappa shape index (κ3) is 7.27. The van der Waals surface area contributed by atoms with Crippen molar-refractivity contribution in [1.82, 2.24) is 0 Å². The molecular formula is C33H28F6N2O2S. The quantitative estimate of drug-likeness (QED) is 0.170. The molecule has 0 fully saturated rings. The summed E-state index contributed by atoms with van der Waals surface area (Å²) in [5.74, 6) is 1.37. The summed E-state index contributed by atoms with van der Waals surface area (Å²) in [6, 6.07) is 19.3. The van der Waals surface area contributed by atoms with Crippen LogP contribution in [0, 0.1) is 0 Å². The highest BCUT2D eigenvalue weighted by molar-refractivity contribution is 7.80. The second kappa shape index (κ2) is 12.4. The molecule has 11 heteroatoms. The van der Waals surface area contributed by atoms with Crippen LogP contribution in [0.25, 0.3) is 11.1 Å². The Morgan fingerprint density at radius 2 is 1.18 bits per heavy atom. The lowest BCUT2D eigenvalue weighted by molar-refractivity contribution is -0.143. The van der Waals surface area contributed by atoms with Crippen LogP contribution in [-0.2, 0) is 38.0 Å². The molecule has 4 bridgehead atoms. The summed E-state index contributed by atoms with van der Waals surface area (Å²) >= 11 is 5.33. The minimum atomic E-state index is -4.96. The number of hydrogen-bond acceptors (Lipinski definition) is 3. The van der Waals surface area contributed by atoms with Crippen molar-refractivity contribution in [1.29, 1.82) is 0 Å². The number of methoxy groups -OCH3 is 2. The number of hydrogen-bond donors (Lipinski definition) is 2. The van der Waals surface area contributed by atoms with Crippen molar-refractivity contribution in [2.45, 2.75) is 38.0 Å². The monoisotopic (exact) mass is 630 g/mol. The third-order valence-corrected chi connectivity index (χ3v) is 7.67. The maximum Gasteiger partial charge on any atom is 0.416 e. The second-order valence-electron chi connectivity index (χ2n) is 10.5. The second-order valence-corrected chi connectivity index (χ2v) is 10.9. The zero-order valence-electron chi connectivity index (χ0n) is 23.7. The standard InChI is InChI=1S/C33H28F6N2O2S/c1-42-27-13-23(14-28(18-27)43-2)29-11-19-3-7-21(29)8-4-20-6-10-22(9-5-19)30(12-20)41-31(44)40-26-16-24(32(34,35)36)15-25(17-26)33(37,38)39/h3,6-7,10-18H,4-5,8-9H2,1-2H3,(H2,40,41,44). The molecule has 0 saturated heterocycles. The van der Waals surface area contributed by atoms with E-state index < -0.39 is 29.2 Å². The molecule has 2 N–H and O–H groups in total. The minimum absolute atomic E-state index is 0.0791. The van der Waals surface area contributed by atoms with Crippen LogP contribution in [-0.4, -0.2) is 19.3 Å². The van der Waals surface area contributed by atoms with Gasteiger partial charge in [0.2, 0.25) is 0 Å². The van der Waals surface area contributed by atoms with E-state index >= 15 is 0 Å². The molecule has 0 heterocycles. The van der Waals surface area contributed by atoms with Crippen molar-refractivity contribution in [3.8, 4) is 22.6 Å². The zero-order chi connectivity index (χ0) is 31.6. The van der Waals surface area contributed by atoms with E-state index in [9.17, 15) is 26.3 Å². The van der Waals surface area contributed by atoms with Crippen molar-refractivity contribution in [3.05, 3.63) is 106 Å². The first-order valence-electron chi connectivity index (χ1n) is 13.7. The SMILES string of the molecule is COc1cc(OC)cc(-c2cc3ccc2CCc2ccc(c(NC(=S)Nc4cc(C(F)(F)F)cc(C(F)(F)F)c4)c2)CC3)c1. The van der Waals surface area contributed by atoms with Crippen molar-refractivity contribution >= 4 is 28.7 Å². The average Bonchev–Trinajstić information content (AvgIpc) is 2.97. The Hall–Kier alpha value is -4.25. The van der Waals surface area contributed by atoms with E-state index in [2.05, 4.69) is 28.8 Å². The minimum Gasteiger partial charge on any atom is -0.497 e. The summed E-state index contributed by atoms with van der Waals surface area (Å²) in [5.41, 5.74) is 3.52. The predicted molar refractivity (Wildman–Crippen MR) is 163 cm³/mol. The summed E-state index contributed by atoms with van der Waals surface area (Å²) in [6.45, 7) is 0. The fourth-order valence-electron chi connectivity index (χ4n) is 5.21. The highest BCUT2D eigenvalue weighted by Gasteiger charge is 2.37. The number of thiocarbonyl (C=S) groups is 1. The Bertz CT molecular complexity index is 1650. The molecule has 0 radical (unpaired) electrons. The summed E-state index contributed by atoms with van der Waals surface area (Å²) in [4.78, 5) is 0. The van der Waals surface area contributed by atoms with Gasteiger partial charge in [0.15, 0.2) is 5.11 Å². The highest BCUT2D eigenvalue weighted by Crippen LogP contribution is 2.38. The molecule has 0 aromatic heterocycles. The predicted octanol–water partition coefficient (Wildman–Crippen LogP) is 9.10. The van der Waals surface area contributed by atoms with E-state index in [4.69, 9.17) is 21.7 Å². The van der Waals surface area contributed by atoms with Crippen molar-refractivity contribution in [2.75, 3.05) is 24.9 Å². The smallest absolute Gasteiger partial charge is 0.416 e. The molecule has 0 saturated carbocycles. The van der Waals surface area contributed by atoms with E-state index in [1.54, 1.807) is 14.2 Å². The molecule has 8 rings (SSSR count).